The highest BCUT2D eigenvalue weighted by molar-refractivity contribution is 7.71. The summed E-state index contributed by atoms with van der Waals surface area (Å²) in [5, 5.41) is 3.68. The lowest BCUT2D eigenvalue weighted by atomic mass is 10.1. The van der Waals surface area contributed by atoms with Crippen molar-refractivity contribution in [3.63, 3.8) is 0 Å². The third kappa shape index (κ3) is 6.04. The zero-order valence-electron chi connectivity index (χ0n) is 18.0. The average molecular weight is 440 g/mol. The lowest BCUT2D eigenvalue weighted by molar-refractivity contribution is -0.121. The maximum absolute atomic E-state index is 12.6. The number of hydrogen-bond donors (Lipinski definition) is 2. The zero-order chi connectivity index (χ0) is 22.2. The summed E-state index contributed by atoms with van der Waals surface area (Å²) in [5.74, 6) is 0.858. The first kappa shape index (κ1) is 22.7. The van der Waals surface area contributed by atoms with Crippen LogP contribution in [-0.4, -0.2) is 22.1 Å². The minimum absolute atomic E-state index is 0.0292. The Morgan fingerprint density at radius 2 is 1.87 bits per heavy atom. The van der Waals surface area contributed by atoms with E-state index in [0.29, 0.717) is 29.7 Å². The van der Waals surface area contributed by atoms with Crippen LogP contribution in [-0.2, 0) is 11.3 Å². The molecule has 0 aliphatic rings. The summed E-state index contributed by atoms with van der Waals surface area (Å²) in [6.07, 6.45) is 2.86. The molecule has 1 amide bonds. The molecule has 0 saturated heterocycles. The van der Waals surface area contributed by atoms with E-state index < -0.39 is 0 Å². The monoisotopic (exact) mass is 439 g/mol. The first-order valence-corrected chi connectivity index (χ1v) is 11.1. The molecule has 7 heteroatoms. The van der Waals surface area contributed by atoms with Gasteiger partial charge in [-0.1, -0.05) is 30.7 Å². The molecule has 164 valence electrons. The van der Waals surface area contributed by atoms with Crippen molar-refractivity contribution in [2.45, 2.75) is 52.1 Å². The van der Waals surface area contributed by atoms with Gasteiger partial charge in [0.2, 0.25) is 5.91 Å². The van der Waals surface area contributed by atoms with Gasteiger partial charge < -0.3 is 15.0 Å². The van der Waals surface area contributed by atoms with Crippen molar-refractivity contribution in [3.8, 4) is 5.75 Å². The molecular formula is C24H29N3O3S. The van der Waals surface area contributed by atoms with Crippen molar-refractivity contribution in [1.82, 2.24) is 14.9 Å². The largest absolute Gasteiger partial charge is 0.494 e. The number of nitrogens with zero attached hydrogens (tertiary/aromatic N) is 1. The highest BCUT2D eigenvalue weighted by atomic mass is 32.1. The molecule has 0 spiro atoms. The number of nitrogens with one attached hydrogen (secondary N) is 2. The smallest absolute Gasteiger partial charge is 0.262 e. The molecule has 0 aliphatic heterocycles. The Kier molecular flexibility index (Phi) is 8.00. The maximum Gasteiger partial charge on any atom is 0.262 e. The Hall–Kier alpha value is -2.93. The van der Waals surface area contributed by atoms with Crippen LogP contribution >= 0.6 is 12.2 Å². The summed E-state index contributed by atoms with van der Waals surface area (Å²) in [6, 6.07) is 15.1. The number of unbranched alkanes of at least 4 members (excludes halogenated alkanes) is 2. The van der Waals surface area contributed by atoms with Gasteiger partial charge in [0.15, 0.2) is 4.77 Å². The summed E-state index contributed by atoms with van der Waals surface area (Å²) >= 11 is 5.34. The average Bonchev–Trinajstić information content (AvgIpc) is 2.76. The number of rotatable bonds is 10. The molecule has 6 nitrogen and oxygen atoms in total. The van der Waals surface area contributed by atoms with Crippen molar-refractivity contribution in [2.24, 2.45) is 0 Å². The molecule has 1 atom stereocenters. The molecule has 0 bridgehead atoms. The second-order valence-electron chi connectivity index (χ2n) is 7.53. The van der Waals surface area contributed by atoms with Crippen molar-refractivity contribution in [3.05, 3.63) is 69.2 Å². The van der Waals surface area contributed by atoms with Crippen molar-refractivity contribution < 1.29 is 9.53 Å². The van der Waals surface area contributed by atoms with Gasteiger partial charge in [-0.2, -0.15) is 0 Å². The van der Waals surface area contributed by atoms with Crippen LogP contribution in [0.4, 0.5) is 0 Å². The third-order valence-electron chi connectivity index (χ3n) is 5.24. The van der Waals surface area contributed by atoms with E-state index in [0.717, 1.165) is 36.1 Å². The lowest BCUT2D eigenvalue weighted by Gasteiger charge is -2.15. The van der Waals surface area contributed by atoms with Crippen LogP contribution in [0.3, 0.4) is 0 Å². The fourth-order valence-corrected chi connectivity index (χ4v) is 3.83. The second kappa shape index (κ2) is 10.9. The van der Waals surface area contributed by atoms with Crippen molar-refractivity contribution in [2.75, 3.05) is 6.61 Å². The Morgan fingerprint density at radius 3 is 2.61 bits per heavy atom. The molecule has 31 heavy (non-hydrogen) atoms. The van der Waals surface area contributed by atoms with Gasteiger partial charge in [-0.05, 0) is 68.7 Å². The Labute approximate surface area is 187 Å². The predicted molar refractivity (Wildman–Crippen MR) is 126 cm³/mol. The number of aromatic amines is 1. The molecule has 0 aliphatic carbocycles. The van der Waals surface area contributed by atoms with Crippen LogP contribution in [0.5, 0.6) is 5.75 Å². The molecule has 0 saturated carbocycles. The van der Waals surface area contributed by atoms with Gasteiger partial charge in [0.05, 0.1) is 23.6 Å². The number of carbonyl (C=O) groups excluding carboxylic acids is 1. The number of ether oxygens (including phenoxy) is 1. The van der Waals surface area contributed by atoms with E-state index in [9.17, 15) is 9.59 Å². The summed E-state index contributed by atoms with van der Waals surface area (Å²) in [6.45, 7) is 5.10. The van der Waals surface area contributed by atoms with Gasteiger partial charge in [0.25, 0.3) is 5.56 Å². The number of fused-ring (bicyclic) bond motifs is 1. The van der Waals surface area contributed by atoms with Gasteiger partial charge in [-0.25, -0.2) is 0 Å². The summed E-state index contributed by atoms with van der Waals surface area (Å²) in [5.41, 5.74) is 1.73. The van der Waals surface area contributed by atoms with Crippen LogP contribution in [0.15, 0.2) is 53.3 Å². The molecule has 2 aromatic carbocycles. The quantitative estimate of drug-likeness (QED) is 0.348. The standard InChI is InChI=1S/C24H29N3O3S/c1-3-30-19-14-12-18(13-15-19)17(2)25-22(28)11-5-4-8-16-27-23(29)20-9-6-7-10-21(20)26-24(27)31/h6-7,9-10,12-15,17H,3-5,8,11,16H2,1-2H3,(H,25,28)(H,26,31). The van der Waals surface area contributed by atoms with E-state index in [2.05, 4.69) is 10.3 Å². The van der Waals surface area contributed by atoms with Crippen molar-refractivity contribution in [1.29, 1.82) is 0 Å². The predicted octanol–water partition coefficient (Wildman–Crippen LogP) is 4.90. The topological polar surface area (TPSA) is 76.1 Å². The molecule has 0 fully saturated rings. The second-order valence-corrected chi connectivity index (χ2v) is 7.92. The molecule has 3 aromatic rings. The molecule has 3 rings (SSSR count). The van der Waals surface area contributed by atoms with Crippen LogP contribution in [0, 0.1) is 4.77 Å². The Morgan fingerprint density at radius 1 is 1.13 bits per heavy atom. The maximum atomic E-state index is 12.6. The van der Waals surface area contributed by atoms with Gasteiger partial charge in [-0.15, -0.1) is 0 Å². The van der Waals surface area contributed by atoms with Crippen LogP contribution < -0.4 is 15.6 Å². The van der Waals surface area contributed by atoms with E-state index in [1.165, 1.54) is 0 Å². The number of para-hydroxylation sites is 1. The van der Waals surface area contributed by atoms with E-state index in [1.54, 1.807) is 10.6 Å². The van der Waals surface area contributed by atoms with E-state index >= 15 is 0 Å². The number of benzene rings is 2. The minimum atomic E-state index is -0.0683. The fourth-order valence-electron chi connectivity index (χ4n) is 3.55. The van der Waals surface area contributed by atoms with Crippen LogP contribution in [0.25, 0.3) is 10.9 Å². The highest BCUT2D eigenvalue weighted by Gasteiger charge is 2.10. The van der Waals surface area contributed by atoms with Gasteiger partial charge >= 0.3 is 0 Å². The molecule has 1 aromatic heterocycles. The van der Waals surface area contributed by atoms with E-state index in [1.807, 2.05) is 56.3 Å². The number of amides is 1. The lowest BCUT2D eigenvalue weighted by Crippen LogP contribution is -2.26. The van der Waals surface area contributed by atoms with Gasteiger partial charge in [0.1, 0.15) is 5.75 Å². The molecular weight excluding hydrogens is 410 g/mol. The van der Waals surface area contributed by atoms with Gasteiger partial charge in [0, 0.05) is 13.0 Å². The normalized spacial score (nSPS) is 11.9. The number of aromatic nitrogens is 2. The summed E-state index contributed by atoms with van der Waals surface area (Å²) in [7, 11) is 0. The van der Waals surface area contributed by atoms with Crippen LogP contribution in [0.2, 0.25) is 0 Å². The fraction of sp³-hybridized carbons (Fsp3) is 0.375. The molecule has 1 heterocycles. The Balaban J connectivity index is 1.44. The zero-order valence-corrected chi connectivity index (χ0v) is 18.8. The first-order chi connectivity index (χ1) is 15.0. The van der Waals surface area contributed by atoms with Crippen LogP contribution in [0.1, 0.15) is 51.1 Å². The van der Waals surface area contributed by atoms with E-state index in [4.69, 9.17) is 17.0 Å². The van der Waals surface area contributed by atoms with Crippen molar-refractivity contribution >= 4 is 29.0 Å². The molecule has 1 unspecified atom stereocenters. The summed E-state index contributed by atoms with van der Waals surface area (Å²) < 4.78 is 7.49. The SMILES string of the molecule is CCOc1ccc(C(C)NC(=O)CCCCCn2c(=S)[nH]c3ccccc3c2=O)cc1. The summed E-state index contributed by atoms with van der Waals surface area (Å²) in [4.78, 5) is 28.0. The first-order valence-electron chi connectivity index (χ1n) is 10.7. The highest BCUT2D eigenvalue weighted by Crippen LogP contribution is 2.18. The molecule has 2 N–H and O–H groups in total. The number of carbonyl (C=O) groups is 1. The minimum Gasteiger partial charge on any atom is -0.494 e. The number of H-pyrrole nitrogens is 1. The third-order valence-corrected chi connectivity index (χ3v) is 5.57. The van der Waals surface area contributed by atoms with Gasteiger partial charge in [-0.3, -0.25) is 14.2 Å². The molecule has 0 radical (unpaired) electrons. The Bertz CT molecular complexity index is 1140. The number of hydrogen-bond acceptors (Lipinski definition) is 4. The van der Waals surface area contributed by atoms with E-state index in [-0.39, 0.29) is 17.5 Å².